The van der Waals surface area contributed by atoms with Gasteiger partial charge >= 0.3 is 5.97 Å². The molecule has 1 unspecified atom stereocenters. The van der Waals surface area contributed by atoms with Gasteiger partial charge in [0.15, 0.2) is 0 Å². The van der Waals surface area contributed by atoms with E-state index in [1.54, 1.807) is 0 Å². The fourth-order valence-corrected chi connectivity index (χ4v) is 1.41. The second-order valence-electron chi connectivity index (χ2n) is 3.62. The van der Waals surface area contributed by atoms with Gasteiger partial charge in [-0.3, -0.25) is 9.69 Å². The first-order valence-corrected chi connectivity index (χ1v) is 4.31. The molecular formula is C8H13F2NO3. The van der Waals surface area contributed by atoms with Crippen molar-refractivity contribution in [3.05, 3.63) is 0 Å². The Bertz CT molecular complexity index is 231. The number of halogens is 2. The Morgan fingerprint density at radius 3 is 2.36 bits per heavy atom. The van der Waals surface area contributed by atoms with Crippen molar-refractivity contribution in [1.29, 1.82) is 0 Å². The first kappa shape index (κ1) is 11.3. The number of carboxylic acids is 1. The fourth-order valence-electron chi connectivity index (χ4n) is 1.41. The molecule has 0 aromatic carbocycles. The Labute approximate surface area is 80.1 Å². The lowest BCUT2D eigenvalue weighted by molar-refractivity contribution is -0.145. The van der Waals surface area contributed by atoms with Crippen molar-refractivity contribution in [3.8, 4) is 0 Å². The summed E-state index contributed by atoms with van der Waals surface area (Å²) in [6.45, 7) is -0.316. The smallest absolute Gasteiger partial charge is 0.324 e. The molecule has 14 heavy (non-hydrogen) atoms. The Morgan fingerprint density at radius 1 is 1.57 bits per heavy atom. The molecule has 1 atom stereocenters. The summed E-state index contributed by atoms with van der Waals surface area (Å²) in [5, 5.41) is 17.7. The third kappa shape index (κ3) is 2.01. The van der Waals surface area contributed by atoms with Crippen LogP contribution in [0.4, 0.5) is 8.78 Å². The van der Waals surface area contributed by atoms with Crippen LogP contribution in [-0.2, 0) is 4.79 Å². The van der Waals surface area contributed by atoms with E-state index in [1.165, 1.54) is 11.9 Å². The number of alkyl halides is 2. The van der Waals surface area contributed by atoms with E-state index in [-0.39, 0.29) is 6.54 Å². The number of rotatable bonds is 5. The van der Waals surface area contributed by atoms with Crippen molar-refractivity contribution in [2.75, 3.05) is 13.6 Å². The van der Waals surface area contributed by atoms with Gasteiger partial charge in [0, 0.05) is 6.54 Å². The van der Waals surface area contributed by atoms with E-state index in [0.29, 0.717) is 12.8 Å². The van der Waals surface area contributed by atoms with Gasteiger partial charge in [0.05, 0.1) is 0 Å². The van der Waals surface area contributed by atoms with Crippen LogP contribution in [-0.4, -0.2) is 52.7 Å². The molecule has 0 amide bonds. The highest BCUT2D eigenvalue weighted by molar-refractivity contribution is 5.82. The molecule has 0 heterocycles. The van der Waals surface area contributed by atoms with Crippen LogP contribution in [0.1, 0.15) is 12.8 Å². The molecule has 0 aliphatic heterocycles. The number of hydrogen-bond donors (Lipinski definition) is 2. The first-order valence-electron chi connectivity index (χ1n) is 4.31. The highest BCUT2D eigenvalue weighted by Crippen LogP contribution is 2.41. The van der Waals surface area contributed by atoms with Gasteiger partial charge in [-0.2, -0.15) is 0 Å². The summed E-state index contributed by atoms with van der Waals surface area (Å²) in [6.07, 6.45) is -3.71. The highest BCUT2D eigenvalue weighted by Gasteiger charge is 2.54. The molecular weight excluding hydrogens is 196 g/mol. The second kappa shape index (κ2) is 3.78. The predicted molar refractivity (Wildman–Crippen MR) is 44.2 cm³/mol. The van der Waals surface area contributed by atoms with Gasteiger partial charge in [0.25, 0.3) is 6.43 Å². The van der Waals surface area contributed by atoms with E-state index in [0.717, 1.165) is 0 Å². The lowest BCUT2D eigenvalue weighted by atomic mass is 10.2. The number of aliphatic carboxylic acids is 1. The summed E-state index contributed by atoms with van der Waals surface area (Å²) in [5.41, 5.74) is -1.02. The van der Waals surface area contributed by atoms with E-state index in [4.69, 9.17) is 10.2 Å². The third-order valence-electron chi connectivity index (χ3n) is 2.60. The minimum atomic E-state index is -2.83. The van der Waals surface area contributed by atoms with Crippen molar-refractivity contribution in [2.24, 2.45) is 0 Å². The molecule has 1 fully saturated rings. The Morgan fingerprint density at radius 2 is 2.07 bits per heavy atom. The van der Waals surface area contributed by atoms with E-state index in [1.807, 2.05) is 0 Å². The van der Waals surface area contributed by atoms with Crippen LogP contribution in [0.5, 0.6) is 0 Å². The van der Waals surface area contributed by atoms with Crippen molar-refractivity contribution < 1.29 is 23.8 Å². The number of carboxylic acid groups (broad SMARTS) is 1. The van der Waals surface area contributed by atoms with Crippen molar-refractivity contribution in [2.45, 2.75) is 30.9 Å². The zero-order valence-electron chi connectivity index (χ0n) is 7.78. The quantitative estimate of drug-likeness (QED) is 0.677. The van der Waals surface area contributed by atoms with Crippen LogP contribution < -0.4 is 0 Å². The molecule has 0 aromatic heterocycles. The SMILES string of the molecule is CN(CC(O)C(F)F)C1(C(=O)O)CC1. The van der Waals surface area contributed by atoms with Crippen LogP contribution >= 0.6 is 0 Å². The summed E-state index contributed by atoms with van der Waals surface area (Å²) >= 11 is 0. The maximum absolute atomic E-state index is 12.0. The maximum Gasteiger partial charge on any atom is 0.324 e. The van der Waals surface area contributed by atoms with Gasteiger partial charge in [-0.05, 0) is 19.9 Å². The normalized spacial score (nSPS) is 21.3. The number of likely N-dealkylation sites (N-methyl/N-ethyl adjacent to an activating group) is 1. The van der Waals surface area contributed by atoms with E-state index < -0.39 is 24.0 Å². The molecule has 6 heteroatoms. The molecule has 1 aliphatic rings. The van der Waals surface area contributed by atoms with E-state index >= 15 is 0 Å². The van der Waals surface area contributed by atoms with E-state index in [9.17, 15) is 13.6 Å². The number of carbonyl (C=O) groups is 1. The number of nitrogens with zero attached hydrogens (tertiary/aromatic N) is 1. The Hall–Kier alpha value is -0.750. The van der Waals surface area contributed by atoms with Crippen LogP contribution in [0.3, 0.4) is 0 Å². The summed E-state index contributed by atoms with van der Waals surface area (Å²) in [6, 6.07) is 0. The average molecular weight is 209 g/mol. The Balaban J connectivity index is 2.50. The molecule has 1 saturated carbocycles. The summed E-state index contributed by atoms with van der Waals surface area (Å²) in [4.78, 5) is 12.0. The zero-order chi connectivity index (χ0) is 10.9. The third-order valence-corrected chi connectivity index (χ3v) is 2.60. The van der Waals surface area contributed by atoms with Gasteiger partial charge in [0.2, 0.25) is 0 Å². The van der Waals surface area contributed by atoms with Crippen LogP contribution in [0.2, 0.25) is 0 Å². The zero-order valence-corrected chi connectivity index (χ0v) is 7.78. The summed E-state index contributed by atoms with van der Waals surface area (Å²) in [5.74, 6) is -1.01. The number of aliphatic hydroxyl groups excluding tert-OH is 1. The molecule has 0 bridgehead atoms. The highest BCUT2D eigenvalue weighted by atomic mass is 19.3. The van der Waals surface area contributed by atoms with E-state index in [2.05, 4.69) is 0 Å². The van der Waals surface area contributed by atoms with Gasteiger partial charge < -0.3 is 10.2 Å². The van der Waals surface area contributed by atoms with Crippen LogP contribution in [0, 0.1) is 0 Å². The number of β-amino-alcohol motifs (C(OH)–C–C–N with tert-alkyl or cyclic N) is 1. The minimum Gasteiger partial charge on any atom is -0.480 e. The van der Waals surface area contributed by atoms with Gasteiger partial charge in [-0.1, -0.05) is 0 Å². The second-order valence-corrected chi connectivity index (χ2v) is 3.62. The molecule has 1 rings (SSSR count). The van der Waals surface area contributed by atoms with Crippen LogP contribution in [0.15, 0.2) is 0 Å². The first-order chi connectivity index (χ1) is 6.40. The Kier molecular flexibility index (Phi) is 3.06. The molecule has 4 nitrogen and oxygen atoms in total. The van der Waals surface area contributed by atoms with Gasteiger partial charge in [0.1, 0.15) is 11.6 Å². The molecule has 0 aromatic rings. The fraction of sp³-hybridized carbons (Fsp3) is 0.875. The number of hydrogen-bond acceptors (Lipinski definition) is 3. The molecule has 82 valence electrons. The maximum atomic E-state index is 12.0. The number of aliphatic hydroxyl groups is 1. The lowest BCUT2D eigenvalue weighted by Gasteiger charge is -2.26. The standard InChI is InChI=1S/C8H13F2NO3/c1-11(4-5(12)6(9)10)8(2-3-8)7(13)14/h5-6,12H,2-4H2,1H3,(H,13,14). The monoisotopic (exact) mass is 209 g/mol. The van der Waals surface area contributed by atoms with Gasteiger partial charge in [-0.25, -0.2) is 8.78 Å². The lowest BCUT2D eigenvalue weighted by Crippen LogP contribution is -2.46. The van der Waals surface area contributed by atoms with Crippen molar-refractivity contribution >= 4 is 5.97 Å². The predicted octanol–water partition coefficient (Wildman–Crippen LogP) is 0.161. The largest absolute Gasteiger partial charge is 0.480 e. The summed E-state index contributed by atoms with van der Waals surface area (Å²) < 4.78 is 23.9. The molecule has 0 spiro atoms. The molecule has 0 radical (unpaired) electrons. The molecule has 0 saturated heterocycles. The molecule has 2 N–H and O–H groups in total. The molecule has 1 aliphatic carbocycles. The van der Waals surface area contributed by atoms with Crippen LogP contribution in [0.25, 0.3) is 0 Å². The van der Waals surface area contributed by atoms with Gasteiger partial charge in [-0.15, -0.1) is 0 Å². The minimum absolute atomic E-state index is 0.316. The average Bonchev–Trinajstić information content (AvgIpc) is 2.83. The van der Waals surface area contributed by atoms with Crippen molar-refractivity contribution in [3.63, 3.8) is 0 Å². The summed E-state index contributed by atoms with van der Waals surface area (Å²) in [7, 11) is 1.44. The van der Waals surface area contributed by atoms with Crippen molar-refractivity contribution in [1.82, 2.24) is 4.90 Å². The topological polar surface area (TPSA) is 60.8 Å².